The number of carbonyl (C=O) groups is 3. The maximum absolute atomic E-state index is 12.4. The maximum Gasteiger partial charge on any atom is 0.490 e. The van der Waals surface area contributed by atoms with Gasteiger partial charge in [-0.2, -0.15) is 21.8 Å². The van der Waals surface area contributed by atoms with Gasteiger partial charge in [0.05, 0.1) is 12.7 Å². The average molecular weight is 788 g/mol. The van der Waals surface area contributed by atoms with Crippen LogP contribution in [0.4, 0.5) is 13.2 Å². The first-order chi connectivity index (χ1) is 22.9. The van der Waals surface area contributed by atoms with Crippen molar-refractivity contribution in [2.45, 2.75) is 69.2 Å². The molecule has 4 unspecified atom stereocenters. The van der Waals surface area contributed by atoms with Crippen LogP contribution in [0.5, 0.6) is 0 Å². The molecule has 1 saturated heterocycles. The van der Waals surface area contributed by atoms with Gasteiger partial charge in [0.15, 0.2) is 0 Å². The second kappa shape index (κ2) is 17.8. The number of halogens is 3. The van der Waals surface area contributed by atoms with Gasteiger partial charge in [0.25, 0.3) is 5.56 Å². The number of hydrogen-bond donors (Lipinski definition) is 9. The number of aliphatic carboxylic acids is 1. The van der Waals surface area contributed by atoms with E-state index in [9.17, 15) is 70.8 Å². The largest absolute Gasteiger partial charge is 0.490 e. The molecule has 0 aromatic carbocycles. The van der Waals surface area contributed by atoms with Gasteiger partial charge in [-0.05, 0) is 19.3 Å². The van der Waals surface area contributed by atoms with Crippen LogP contribution < -0.4 is 21.9 Å². The summed E-state index contributed by atoms with van der Waals surface area (Å²) in [6.45, 7) is -1.40. The lowest BCUT2D eigenvalue weighted by Crippen LogP contribution is -2.41. The number of phosphoric acid groups is 3. The van der Waals surface area contributed by atoms with E-state index in [1.807, 2.05) is 4.98 Å². The fourth-order valence-corrected chi connectivity index (χ4v) is 6.96. The van der Waals surface area contributed by atoms with Gasteiger partial charge in [-0.25, -0.2) is 23.3 Å². The average Bonchev–Trinajstić information content (AvgIpc) is 3.31. The fraction of sp³-hybridized carbons (Fsp3) is 0.591. The van der Waals surface area contributed by atoms with Gasteiger partial charge in [-0.1, -0.05) is 11.8 Å². The SMILES string of the molecule is O=C(CCC#Cc1cn([C@H]2CC(O)[C@@H](COP(=O)(O)OP(=O)(O)OP(=O)(O)O)O2)c(=O)[nH]c1=O)NC(CCCCNC(=O)C(F)(F)F)C(=O)O. The molecule has 282 valence electrons. The minimum Gasteiger partial charge on any atom is -0.480 e. The molecular formula is C22H30F3N4O18P3. The molecule has 0 saturated carbocycles. The zero-order chi connectivity index (χ0) is 38.1. The van der Waals surface area contributed by atoms with Crippen LogP contribution in [0.25, 0.3) is 0 Å². The maximum atomic E-state index is 12.4. The normalized spacial score (nSPS) is 20.8. The zero-order valence-electron chi connectivity index (χ0n) is 25.0. The molecule has 0 radical (unpaired) electrons. The minimum absolute atomic E-state index is 0.00280. The molecule has 28 heteroatoms. The van der Waals surface area contributed by atoms with Gasteiger partial charge in [-0.3, -0.25) is 28.5 Å². The van der Waals surface area contributed by atoms with Crippen molar-refractivity contribution in [3.05, 3.63) is 32.6 Å². The quantitative estimate of drug-likeness (QED) is 0.0523. The summed E-state index contributed by atoms with van der Waals surface area (Å²) in [5.41, 5.74) is -2.35. The number of unbranched alkanes of at least 4 members (excludes halogenated alkanes) is 1. The molecule has 0 spiro atoms. The summed E-state index contributed by atoms with van der Waals surface area (Å²) in [4.78, 5) is 96.9. The number of hydrogen-bond acceptors (Lipinski definition) is 13. The van der Waals surface area contributed by atoms with Crippen molar-refractivity contribution >= 4 is 41.3 Å². The molecule has 0 aliphatic carbocycles. The van der Waals surface area contributed by atoms with Gasteiger partial charge in [0, 0.05) is 32.0 Å². The van der Waals surface area contributed by atoms with E-state index in [1.165, 1.54) is 0 Å². The number of aliphatic hydroxyl groups is 1. The van der Waals surface area contributed by atoms with Crippen LogP contribution in [-0.2, 0) is 46.0 Å². The number of carboxylic acid groups (broad SMARTS) is 1. The molecule has 1 aromatic heterocycles. The number of aromatic nitrogens is 2. The number of rotatable bonds is 17. The third-order valence-corrected chi connectivity index (χ3v) is 9.90. The molecular weight excluding hydrogens is 758 g/mol. The number of carbonyl (C=O) groups excluding carboxylic acids is 2. The number of ether oxygens (including phenoxy) is 1. The van der Waals surface area contributed by atoms with Crippen LogP contribution in [0.3, 0.4) is 0 Å². The zero-order valence-corrected chi connectivity index (χ0v) is 27.7. The number of nitrogens with zero attached hydrogens (tertiary/aromatic N) is 1. The highest BCUT2D eigenvalue weighted by molar-refractivity contribution is 7.66. The smallest absolute Gasteiger partial charge is 0.480 e. The summed E-state index contributed by atoms with van der Waals surface area (Å²) in [6.07, 6.45) is -9.56. The molecule has 22 nitrogen and oxygen atoms in total. The number of carboxylic acids is 1. The van der Waals surface area contributed by atoms with Crippen LogP contribution in [-0.4, -0.2) is 94.7 Å². The Labute approximate surface area is 277 Å². The van der Waals surface area contributed by atoms with Gasteiger partial charge in [0.1, 0.15) is 23.9 Å². The van der Waals surface area contributed by atoms with Gasteiger partial charge in [0.2, 0.25) is 5.91 Å². The minimum atomic E-state index is -5.81. The Hall–Kier alpha value is -3.23. The van der Waals surface area contributed by atoms with E-state index < -0.39 is 89.8 Å². The Morgan fingerprint density at radius 3 is 2.36 bits per heavy atom. The Kier molecular flexibility index (Phi) is 15.3. The molecule has 50 heavy (non-hydrogen) atoms. The number of aromatic amines is 1. The molecule has 1 aromatic rings. The lowest BCUT2D eigenvalue weighted by Gasteiger charge is -2.19. The van der Waals surface area contributed by atoms with E-state index in [1.54, 1.807) is 5.32 Å². The molecule has 1 aliphatic heterocycles. The van der Waals surface area contributed by atoms with E-state index in [2.05, 4.69) is 30.3 Å². The number of H-pyrrole nitrogens is 1. The molecule has 1 fully saturated rings. The number of aliphatic hydroxyl groups excluding tert-OH is 1. The van der Waals surface area contributed by atoms with E-state index in [-0.39, 0.29) is 50.6 Å². The fourth-order valence-electron chi connectivity index (χ4n) is 3.93. The third kappa shape index (κ3) is 14.9. The molecule has 2 rings (SSSR count). The van der Waals surface area contributed by atoms with Crippen molar-refractivity contribution in [1.29, 1.82) is 0 Å². The van der Waals surface area contributed by atoms with E-state index >= 15 is 0 Å². The van der Waals surface area contributed by atoms with Crippen LogP contribution in [0.15, 0.2) is 15.8 Å². The van der Waals surface area contributed by atoms with Crippen LogP contribution in [0.2, 0.25) is 0 Å². The summed E-state index contributed by atoms with van der Waals surface area (Å²) < 4.78 is 88.4. The summed E-state index contributed by atoms with van der Waals surface area (Å²) in [5.74, 6) is 0.531. The number of nitrogens with one attached hydrogen (secondary N) is 3. The second-order valence-electron chi connectivity index (χ2n) is 10.0. The topological polar surface area (TPSA) is 340 Å². The predicted octanol–water partition coefficient (Wildman–Crippen LogP) is -0.922. The van der Waals surface area contributed by atoms with Crippen molar-refractivity contribution < 1.29 is 88.9 Å². The molecule has 0 bridgehead atoms. The first kappa shape index (κ1) is 42.9. The number of alkyl halides is 3. The highest BCUT2D eigenvalue weighted by atomic mass is 31.3. The highest BCUT2D eigenvalue weighted by Crippen LogP contribution is 2.66. The van der Waals surface area contributed by atoms with E-state index in [0.717, 1.165) is 10.8 Å². The third-order valence-electron chi connectivity index (χ3n) is 6.10. The molecule has 6 atom stereocenters. The summed E-state index contributed by atoms with van der Waals surface area (Å²) in [7, 11) is -17.0. The van der Waals surface area contributed by atoms with Crippen molar-refractivity contribution in [3.8, 4) is 11.8 Å². The Morgan fingerprint density at radius 1 is 1.10 bits per heavy atom. The highest BCUT2D eigenvalue weighted by Gasteiger charge is 2.43. The van der Waals surface area contributed by atoms with Gasteiger partial charge >= 0.3 is 47.2 Å². The Morgan fingerprint density at radius 2 is 1.76 bits per heavy atom. The lowest BCUT2D eigenvalue weighted by molar-refractivity contribution is -0.173. The molecule has 1 aliphatic rings. The van der Waals surface area contributed by atoms with Crippen LogP contribution in [0, 0.1) is 11.8 Å². The van der Waals surface area contributed by atoms with Crippen LogP contribution in [0.1, 0.15) is 50.3 Å². The van der Waals surface area contributed by atoms with Crippen molar-refractivity contribution in [2.75, 3.05) is 13.2 Å². The summed E-state index contributed by atoms with van der Waals surface area (Å²) in [6, 6.07) is -1.40. The lowest BCUT2D eigenvalue weighted by atomic mass is 10.1. The standard InChI is InChI=1S/C22H30F3N4O18P3/c23-22(24,25)20(35)26-8-4-3-6-13(19(33)34)27-16(31)7-2-1-5-12-10-29(21(36)28-18(12)32)17-9-14(30)15(45-17)11-44-49(40,41)47-50(42,43)46-48(37,38)39/h10,13-15,17,30H,2-4,6-9,11H2,(H,26,35)(H,27,31)(H,33,34)(H,40,41)(H,42,43)(H,28,32,36)(H2,37,38,39)/t13?,14?,15-,17-/m1/s1. The van der Waals surface area contributed by atoms with Crippen molar-refractivity contribution in [1.82, 2.24) is 20.2 Å². The molecule has 9 N–H and O–H groups in total. The van der Waals surface area contributed by atoms with E-state index in [4.69, 9.17) is 14.5 Å². The monoisotopic (exact) mass is 788 g/mol. The first-order valence-electron chi connectivity index (χ1n) is 13.7. The molecule has 2 amide bonds. The molecule has 2 heterocycles. The van der Waals surface area contributed by atoms with Crippen molar-refractivity contribution in [2.24, 2.45) is 0 Å². The first-order valence-corrected chi connectivity index (χ1v) is 18.2. The summed E-state index contributed by atoms with van der Waals surface area (Å²) in [5, 5.41) is 23.4. The number of phosphoric ester groups is 1. The predicted molar refractivity (Wildman–Crippen MR) is 154 cm³/mol. The Balaban J connectivity index is 1.94. The van der Waals surface area contributed by atoms with Gasteiger partial charge in [-0.15, -0.1) is 0 Å². The number of amides is 2. The van der Waals surface area contributed by atoms with Crippen LogP contribution >= 0.6 is 23.5 Å². The second-order valence-corrected chi connectivity index (χ2v) is 14.5. The van der Waals surface area contributed by atoms with Gasteiger partial charge < -0.3 is 45.2 Å². The summed E-state index contributed by atoms with van der Waals surface area (Å²) >= 11 is 0. The van der Waals surface area contributed by atoms with E-state index in [0.29, 0.717) is 0 Å². The Bertz CT molecular complexity index is 1730. The van der Waals surface area contributed by atoms with Crippen molar-refractivity contribution in [3.63, 3.8) is 0 Å².